The van der Waals surface area contributed by atoms with E-state index in [0.29, 0.717) is 25.0 Å². The summed E-state index contributed by atoms with van der Waals surface area (Å²) in [6.07, 6.45) is 5.19. The summed E-state index contributed by atoms with van der Waals surface area (Å²) < 4.78 is 1.86. The van der Waals surface area contributed by atoms with Gasteiger partial charge in [0.05, 0.1) is 0 Å². The Labute approximate surface area is 183 Å². The molecule has 1 N–H and O–H groups in total. The highest BCUT2D eigenvalue weighted by Gasteiger charge is 2.36. The fourth-order valence-corrected chi connectivity index (χ4v) is 5.69. The van der Waals surface area contributed by atoms with Crippen LogP contribution in [0.1, 0.15) is 48.2 Å². The first-order valence-electron chi connectivity index (χ1n) is 11.6. The van der Waals surface area contributed by atoms with Gasteiger partial charge in [-0.1, -0.05) is 13.0 Å². The molecular formula is C24H31N5O2. The molecule has 2 aromatic rings. The number of piperidine rings is 1. The third-order valence-electron chi connectivity index (χ3n) is 7.23. The molecule has 3 aliphatic rings. The maximum absolute atomic E-state index is 13.2. The van der Waals surface area contributed by atoms with Gasteiger partial charge >= 0.3 is 0 Å². The number of rotatable bonds is 5. The van der Waals surface area contributed by atoms with E-state index >= 15 is 0 Å². The Kier molecular flexibility index (Phi) is 5.52. The lowest BCUT2D eigenvalue weighted by Crippen LogP contribution is -2.48. The molecule has 7 nitrogen and oxygen atoms in total. The first-order valence-corrected chi connectivity index (χ1v) is 11.6. The van der Waals surface area contributed by atoms with Crippen molar-refractivity contribution in [1.82, 2.24) is 19.8 Å². The number of carbonyl (C=O) groups excluding carboxylic acids is 1. The summed E-state index contributed by atoms with van der Waals surface area (Å²) in [5, 5.41) is 3.02. The molecule has 0 spiro atoms. The number of hydrogen-bond donors (Lipinski definition) is 1. The highest BCUT2D eigenvalue weighted by Crippen LogP contribution is 2.36. The minimum atomic E-state index is -0.242. The number of aromatic nitrogens is 2. The molecule has 0 saturated carbocycles. The van der Waals surface area contributed by atoms with Gasteiger partial charge in [0.25, 0.3) is 11.5 Å². The first kappa shape index (κ1) is 20.2. The number of nitrogens with zero attached hydrogens (tertiary/aromatic N) is 4. The molecule has 3 aliphatic heterocycles. The number of nitrogens with one attached hydrogen (secondary N) is 1. The molecule has 0 aliphatic carbocycles. The van der Waals surface area contributed by atoms with Crippen LogP contribution in [-0.2, 0) is 6.54 Å². The van der Waals surface area contributed by atoms with E-state index in [-0.39, 0.29) is 22.9 Å². The van der Waals surface area contributed by atoms with Crippen molar-refractivity contribution in [2.45, 2.75) is 44.7 Å². The van der Waals surface area contributed by atoms with Crippen LogP contribution in [0.15, 0.2) is 41.3 Å². The Balaban J connectivity index is 1.32. The maximum atomic E-state index is 13.2. The number of likely N-dealkylation sites (N-methyl/N-ethyl adjacent to an activating group) is 1. The normalized spacial score (nSPS) is 25.3. The predicted octanol–water partition coefficient (Wildman–Crippen LogP) is 2.08. The SMILES string of the molecule is CCN1CCC[C@H]1CNC(=O)c1ccc2n(c1=O)C[C@H]1C[C@@H]2CN(c2ccccn2)C1. The lowest BCUT2D eigenvalue weighted by atomic mass is 9.83. The second-order valence-corrected chi connectivity index (χ2v) is 9.11. The lowest BCUT2D eigenvalue weighted by Gasteiger charge is -2.43. The van der Waals surface area contributed by atoms with Crippen LogP contribution in [-0.4, -0.2) is 59.1 Å². The molecule has 5 rings (SSSR count). The Morgan fingerprint density at radius 2 is 2.10 bits per heavy atom. The molecule has 0 radical (unpaired) electrons. The van der Waals surface area contributed by atoms with Gasteiger partial charge in [0.15, 0.2) is 0 Å². The Morgan fingerprint density at radius 1 is 1.19 bits per heavy atom. The van der Waals surface area contributed by atoms with Crippen LogP contribution in [0.2, 0.25) is 0 Å². The molecule has 3 atom stereocenters. The van der Waals surface area contributed by atoms with Gasteiger partial charge in [-0.05, 0) is 62.5 Å². The highest BCUT2D eigenvalue weighted by molar-refractivity contribution is 5.93. The molecule has 31 heavy (non-hydrogen) atoms. The van der Waals surface area contributed by atoms with Gasteiger partial charge in [-0.3, -0.25) is 14.5 Å². The van der Waals surface area contributed by atoms with Crippen molar-refractivity contribution in [1.29, 1.82) is 0 Å². The maximum Gasteiger partial charge on any atom is 0.263 e. The highest BCUT2D eigenvalue weighted by atomic mass is 16.2. The summed E-state index contributed by atoms with van der Waals surface area (Å²) in [6.45, 7) is 7.27. The topological polar surface area (TPSA) is 70.5 Å². The minimum Gasteiger partial charge on any atom is -0.356 e. The predicted molar refractivity (Wildman–Crippen MR) is 121 cm³/mol. The minimum absolute atomic E-state index is 0.144. The Hall–Kier alpha value is -2.67. The van der Waals surface area contributed by atoms with Crippen LogP contribution >= 0.6 is 0 Å². The molecule has 0 aromatic carbocycles. The number of likely N-dealkylation sites (tertiary alicyclic amines) is 1. The zero-order valence-electron chi connectivity index (χ0n) is 18.2. The molecule has 7 heteroatoms. The monoisotopic (exact) mass is 421 g/mol. The number of fused-ring (bicyclic) bond motifs is 4. The van der Waals surface area contributed by atoms with Crippen molar-refractivity contribution >= 4 is 11.7 Å². The van der Waals surface area contributed by atoms with Gasteiger partial charge in [0.2, 0.25) is 0 Å². The molecule has 1 amide bonds. The van der Waals surface area contributed by atoms with Crippen molar-refractivity contribution in [3.63, 3.8) is 0 Å². The van der Waals surface area contributed by atoms with Crippen LogP contribution in [0, 0.1) is 5.92 Å². The van der Waals surface area contributed by atoms with Crippen LogP contribution in [0.5, 0.6) is 0 Å². The van der Waals surface area contributed by atoms with E-state index in [9.17, 15) is 9.59 Å². The average molecular weight is 422 g/mol. The molecule has 164 valence electrons. The molecule has 2 saturated heterocycles. The fraction of sp³-hybridized carbons (Fsp3) is 0.542. The van der Waals surface area contributed by atoms with E-state index in [1.54, 1.807) is 6.07 Å². The fourth-order valence-electron chi connectivity index (χ4n) is 5.69. The van der Waals surface area contributed by atoms with Crippen molar-refractivity contribution in [2.75, 3.05) is 37.6 Å². The zero-order chi connectivity index (χ0) is 21.4. The van der Waals surface area contributed by atoms with Gasteiger partial charge in [-0.15, -0.1) is 0 Å². The third kappa shape index (κ3) is 3.87. The summed E-state index contributed by atoms with van der Waals surface area (Å²) in [4.78, 5) is 35.3. The van der Waals surface area contributed by atoms with Crippen LogP contribution < -0.4 is 15.8 Å². The van der Waals surface area contributed by atoms with Gasteiger partial charge in [-0.2, -0.15) is 0 Å². The summed E-state index contributed by atoms with van der Waals surface area (Å²) in [7, 11) is 0. The second-order valence-electron chi connectivity index (χ2n) is 9.11. The van der Waals surface area contributed by atoms with E-state index in [1.807, 2.05) is 35.0 Å². The van der Waals surface area contributed by atoms with E-state index in [4.69, 9.17) is 0 Å². The van der Waals surface area contributed by atoms with Crippen molar-refractivity contribution in [3.05, 3.63) is 58.1 Å². The van der Waals surface area contributed by atoms with E-state index in [1.165, 1.54) is 6.42 Å². The molecule has 2 aromatic heterocycles. The Morgan fingerprint density at radius 3 is 2.90 bits per heavy atom. The van der Waals surface area contributed by atoms with Crippen LogP contribution in [0.25, 0.3) is 0 Å². The first-order chi connectivity index (χ1) is 15.1. The van der Waals surface area contributed by atoms with Gasteiger partial charge < -0.3 is 14.8 Å². The quantitative estimate of drug-likeness (QED) is 0.801. The standard InChI is InChI=1S/C24H31N5O2/c1-2-27-11-5-6-19(27)13-26-23(30)20-8-9-21-18-12-17(15-29(21)24(20)31)14-28(16-18)22-7-3-4-10-25-22/h3-4,7-10,17-19H,2,5-6,11-16H2,1H3,(H,26,30)/t17-,18+,19-/m0/s1. The van der Waals surface area contributed by atoms with E-state index < -0.39 is 0 Å². The Bertz CT molecular complexity index is 1000. The number of anilines is 1. The molecule has 2 bridgehead atoms. The van der Waals surface area contributed by atoms with Gasteiger partial charge in [0, 0.05) is 50.0 Å². The third-order valence-corrected chi connectivity index (χ3v) is 7.23. The van der Waals surface area contributed by atoms with Crippen LogP contribution in [0.3, 0.4) is 0 Å². The van der Waals surface area contributed by atoms with Crippen molar-refractivity contribution in [3.8, 4) is 0 Å². The number of amides is 1. The van der Waals surface area contributed by atoms with Crippen LogP contribution in [0.4, 0.5) is 5.82 Å². The zero-order valence-corrected chi connectivity index (χ0v) is 18.2. The largest absolute Gasteiger partial charge is 0.356 e. The van der Waals surface area contributed by atoms with Gasteiger partial charge in [0.1, 0.15) is 11.4 Å². The van der Waals surface area contributed by atoms with E-state index in [0.717, 1.165) is 50.5 Å². The average Bonchev–Trinajstić information content (AvgIpc) is 3.26. The smallest absolute Gasteiger partial charge is 0.263 e. The summed E-state index contributed by atoms with van der Waals surface area (Å²) in [5.41, 5.74) is 1.17. The molecule has 2 fully saturated rings. The summed E-state index contributed by atoms with van der Waals surface area (Å²) in [6, 6.07) is 10.1. The molecule has 5 heterocycles. The molecule has 0 unspecified atom stereocenters. The summed E-state index contributed by atoms with van der Waals surface area (Å²) >= 11 is 0. The van der Waals surface area contributed by atoms with Crippen molar-refractivity contribution < 1.29 is 4.79 Å². The van der Waals surface area contributed by atoms with Crippen molar-refractivity contribution in [2.24, 2.45) is 5.92 Å². The lowest BCUT2D eigenvalue weighted by molar-refractivity contribution is 0.0938. The van der Waals surface area contributed by atoms with Gasteiger partial charge in [-0.25, -0.2) is 4.98 Å². The molecular weight excluding hydrogens is 390 g/mol. The number of pyridine rings is 2. The van der Waals surface area contributed by atoms with E-state index in [2.05, 4.69) is 27.0 Å². The number of carbonyl (C=O) groups is 1. The number of hydrogen-bond acceptors (Lipinski definition) is 5. The summed E-state index contributed by atoms with van der Waals surface area (Å²) in [5.74, 6) is 1.43. The second kappa shape index (κ2) is 8.46.